The molecule has 0 aliphatic rings. The summed E-state index contributed by atoms with van der Waals surface area (Å²) >= 11 is 5.44. The van der Waals surface area contributed by atoms with Crippen molar-refractivity contribution >= 4 is 45.4 Å². The molecule has 2 aromatic heterocycles. The summed E-state index contributed by atoms with van der Waals surface area (Å²) in [6.07, 6.45) is 0.667. The number of fused-ring (bicyclic) bond motifs is 3. The van der Waals surface area contributed by atoms with Crippen molar-refractivity contribution in [3.63, 3.8) is 0 Å². The third kappa shape index (κ3) is 4.54. The molecule has 0 saturated carbocycles. The van der Waals surface area contributed by atoms with E-state index in [1.807, 2.05) is 67.6 Å². The van der Waals surface area contributed by atoms with Crippen LogP contribution >= 0.6 is 12.2 Å². The number of aryl methyl sites for hydroxylation is 2. The lowest BCUT2D eigenvalue weighted by Crippen LogP contribution is -2.01. The molecule has 0 amide bonds. The minimum absolute atomic E-state index is 0.0261. The van der Waals surface area contributed by atoms with E-state index in [2.05, 4.69) is 18.1 Å². The van der Waals surface area contributed by atoms with Crippen LogP contribution in [-0.4, -0.2) is 26.6 Å². The molecule has 0 aliphatic heterocycles. The molecule has 7 heteroatoms. The number of carbonyl (C=O) groups excluding carboxylic acids is 1. The number of hydrogen-bond donors (Lipinski definition) is 1. The number of nitrogens with zero attached hydrogens (tertiary/aromatic N) is 2. The average Bonchev–Trinajstić information content (AvgIpc) is 3.39. The molecule has 0 bridgehead atoms. The van der Waals surface area contributed by atoms with Crippen molar-refractivity contribution in [2.45, 2.75) is 40.3 Å². The monoisotopic (exact) mass is 526 g/mol. The number of ketones is 1. The minimum atomic E-state index is -0.0408. The quantitative estimate of drug-likeness (QED) is 0.159. The molecule has 0 saturated heterocycles. The molecule has 1 N–H and O–H groups in total. The molecule has 3 aromatic carbocycles. The second kappa shape index (κ2) is 10.3. The Morgan fingerprint density at radius 3 is 2.21 bits per heavy atom. The summed E-state index contributed by atoms with van der Waals surface area (Å²) in [7, 11) is 0. The number of aromatic hydroxyl groups is 1. The van der Waals surface area contributed by atoms with Gasteiger partial charge in [0.2, 0.25) is 5.88 Å². The molecular formula is C31H30N2O4S. The third-order valence-electron chi connectivity index (χ3n) is 6.94. The van der Waals surface area contributed by atoms with E-state index in [-0.39, 0.29) is 22.3 Å². The van der Waals surface area contributed by atoms with Crippen LogP contribution in [0.5, 0.6) is 11.6 Å². The Bertz CT molecular complexity index is 1740. The number of aromatic nitrogens is 2. The van der Waals surface area contributed by atoms with Gasteiger partial charge in [0.15, 0.2) is 11.5 Å². The molecule has 38 heavy (non-hydrogen) atoms. The van der Waals surface area contributed by atoms with E-state index in [1.165, 1.54) is 0 Å². The molecular weight excluding hydrogens is 496 g/mol. The molecule has 0 atom stereocenters. The molecule has 2 heterocycles. The number of oxazole rings is 1. The highest BCUT2D eigenvalue weighted by atomic mass is 32.1. The van der Waals surface area contributed by atoms with Gasteiger partial charge in [0, 0.05) is 46.0 Å². The van der Waals surface area contributed by atoms with E-state index in [0.717, 1.165) is 45.2 Å². The molecule has 0 radical (unpaired) electrons. The normalized spacial score (nSPS) is 11.3. The number of rotatable bonds is 9. The maximum Gasteiger partial charge on any atom is 0.272 e. The Morgan fingerprint density at radius 2 is 1.61 bits per heavy atom. The zero-order chi connectivity index (χ0) is 27.0. The highest BCUT2D eigenvalue weighted by Crippen LogP contribution is 2.36. The van der Waals surface area contributed by atoms with E-state index >= 15 is 0 Å². The van der Waals surface area contributed by atoms with E-state index in [4.69, 9.17) is 21.4 Å². The number of carbonyl (C=O) groups is 1. The molecule has 0 fully saturated rings. The second-order valence-corrected chi connectivity index (χ2v) is 9.59. The van der Waals surface area contributed by atoms with Crippen LogP contribution in [0.25, 0.3) is 27.4 Å². The highest BCUT2D eigenvalue weighted by molar-refractivity contribution is 7.71. The van der Waals surface area contributed by atoms with Gasteiger partial charge in [-0.1, -0.05) is 24.8 Å². The fourth-order valence-electron chi connectivity index (χ4n) is 4.93. The predicted octanol–water partition coefficient (Wildman–Crippen LogP) is 7.55. The van der Waals surface area contributed by atoms with Crippen molar-refractivity contribution in [1.82, 2.24) is 9.13 Å². The fourth-order valence-corrected chi connectivity index (χ4v) is 5.19. The number of benzene rings is 3. The van der Waals surface area contributed by atoms with Gasteiger partial charge in [0.1, 0.15) is 5.75 Å². The maximum absolute atomic E-state index is 12.0. The Balaban J connectivity index is 1.47. The van der Waals surface area contributed by atoms with Crippen molar-refractivity contribution < 1.29 is 19.1 Å². The lowest BCUT2D eigenvalue weighted by atomic mass is 10.0. The molecule has 5 aromatic rings. The van der Waals surface area contributed by atoms with Gasteiger partial charge in [-0.2, -0.15) is 0 Å². The van der Waals surface area contributed by atoms with Crippen molar-refractivity contribution in [2.24, 2.45) is 0 Å². The van der Waals surface area contributed by atoms with Crippen LogP contribution in [0.2, 0.25) is 0 Å². The van der Waals surface area contributed by atoms with Gasteiger partial charge in [-0.15, -0.1) is 0 Å². The number of ether oxygens (including phenoxy) is 1. The molecule has 194 valence electrons. The standard InChI is InChI=1S/C31H30N2O4S/c1-5-32-27-13-9-22(17-25(27)26-18-23(20(4)34)10-14-28(26)32)19(3)29-30(35)33(31(38)37-29)16-15-21-7-11-24(12-8-21)36-6-2/h7-14,17-18,35H,3,5-6,15-16H2,1-2,4H3. The first-order valence-corrected chi connectivity index (χ1v) is 13.1. The Labute approximate surface area is 226 Å². The molecule has 6 nitrogen and oxygen atoms in total. The van der Waals surface area contributed by atoms with Gasteiger partial charge in [-0.25, -0.2) is 0 Å². The zero-order valence-electron chi connectivity index (χ0n) is 21.8. The average molecular weight is 527 g/mol. The first-order valence-electron chi connectivity index (χ1n) is 12.7. The van der Waals surface area contributed by atoms with Crippen LogP contribution in [0.3, 0.4) is 0 Å². The van der Waals surface area contributed by atoms with Crippen LogP contribution in [0.1, 0.15) is 48.0 Å². The van der Waals surface area contributed by atoms with Crippen molar-refractivity contribution in [3.05, 3.63) is 94.5 Å². The molecule has 0 unspecified atom stereocenters. The smallest absolute Gasteiger partial charge is 0.272 e. The van der Waals surface area contributed by atoms with Gasteiger partial charge < -0.3 is 18.8 Å². The van der Waals surface area contributed by atoms with E-state index in [1.54, 1.807) is 11.5 Å². The van der Waals surface area contributed by atoms with Gasteiger partial charge in [0.25, 0.3) is 4.84 Å². The number of hydrogen-bond acceptors (Lipinski definition) is 5. The predicted molar refractivity (Wildman–Crippen MR) is 154 cm³/mol. The lowest BCUT2D eigenvalue weighted by Gasteiger charge is -2.07. The van der Waals surface area contributed by atoms with Crippen molar-refractivity contribution in [1.29, 1.82) is 0 Å². The Hall–Kier alpha value is -4.10. The summed E-state index contributed by atoms with van der Waals surface area (Å²) in [5.41, 5.74) is 5.24. The fraction of sp³-hybridized carbons (Fsp3) is 0.226. The summed E-state index contributed by atoms with van der Waals surface area (Å²) in [5, 5.41) is 13.1. The number of Topliss-reactive ketones (excluding diaryl/α,β-unsaturated/α-hetero) is 1. The van der Waals surface area contributed by atoms with E-state index in [0.29, 0.717) is 30.7 Å². The van der Waals surface area contributed by atoms with Crippen LogP contribution in [0.4, 0.5) is 0 Å². The minimum Gasteiger partial charge on any atom is -0.494 e. The van der Waals surface area contributed by atoms with E-state index < -0.39 is 0 Å². The topological polar surface area (TPSA) is 69.5 Å². The second-order valence-electron chi connectivity index (χ2n) is 9.24. The van der Waals surface area contributed by atoms with Crippen LogP contribution < -0.4 is 4.74 Å². The van der Waals surface area contributed by atoms with Crippen molar-refractivity contribution in [3.8, 4) is 11.6 Å². The first kappa shape index (κ1) is 25.5. The summed E-state index contributed by atoms with van der Waals surface area (Å²) in [6.45, 7) is 11.7. The summed E-state index contributed by atoms with van der Waals surface area (Å²) < 4.78 is 15.2. The first-order chi connectivity index (χ1) is 18.3. The molecule has 0 spiro atoms. The Kier molecular flexibility index (Phi) is 6.95. The molecule has 0 aliphatic carbocycles. The van der Waals surface area contributed by atoms with E-state index in [9.17, 15) is 9.90 Å². The summed E-state index contributed by atoms with van der Waals surface area (Å²) in [5.74, 6) is 1.07. The summed E-state index contributed by atoms with van der Waals surface area (Å²) in [4.78, 5) is 12.2. The van der Waals surface area contributed by atoms with Gasteiger partial charge in [0.05, 0.1) is 6.61 Å². The van der Waals surface area contributed by atoms with Crippen molar-refractivity contribution in [2.75, 3.05) is 6.61 Å². The molecule has 5 rings (SSSR count). The third-order valence-corrected chi connectivity index (χ3v) is 7.24. The zero-order valence-corrected chi connectivity index (χ0v) is 22.6. The SMILES string of the molecule is C=C(c1ccc2c(c1)c1cc(C(C)=O)ccc1n2CC)c1oc(=S)n(CCc2ccc(OCC)cc2)c1O. The van der Waals surface area contributed by atoms with Crippen LogP contribution in [0.15, 0.2) is 71.7 Å². The lowest BCUT2D eigenvalue weighted by molar-refractivity contribution is 0.101. The van der Waals surface area contributed by atoms with Crippen LogP contribution in [0, 0.1) is 4.84 Å². The van der Waals surface area contributed by atoms with Gasteiger partial charge in [-0.3, -0.25) is 9.36 Å². The highest BCUT2D eigenvalue weighted by Gasteiger charge is 2.20. The largest absolute Gasteiger partial charge is 0.494 e. The van der Waals surface area contributed by atoms with Gasteiger partial charge >= 0.3 is 0 Å². The Morgan fingerprint density at radius 1 is 0.974 bits per heavy atom. The maximum atomic E-state index is 12.0. The van der Waals surface area contributed by atoms with Gasteiger partial charge in [-0.05, 0) is 93.0 Å². The summed E-state index contributed by atoms with van der Waals surface area (Å²) in [6, 6.07) is 19.7. The van der Waals surface area contributed by atoms with Crippen LogP contribution in [-0.2, 0) is 19.5 Å².